The number of ether oxygens (including phenoxy) is 2. The summed E-state index contributed by atoms with van der Waals surface area (Å²) < 4.78 is 10.7. The van der Waals surface area contributed by atoms with Crippen molar-refractivity contribution in [3.05, 3.63) is 29.3 Å². The van der Waals surface area contributed by atoms with E-state index in [4.69, 9.17) is 15.2 Å². The van der Waals surface area contributed by atoms with Crippen LogP contribution in [0.25, 0.3) is 0 Å². The van der Waals surface area contributed by atoms with Crippen molar-refractivity contribution < 1.29 is 14.3 Å². The predicted octanol–water partition coefficient (Wildman–Crippen LogP) is 3.06. The number of hydrogen-bond donors (Lipinski definition) is 1. The third kappa shape index (κ3) is 4.38. The highest BCUT2D eigenvalue weighted by Crippen LogP contribution is 2.31. The summed E-state index contributed by atoms with van der Waals surface area (Å²) in [4.78, 5) is 13.9. The van der Waals surface area contributed by atoms with Gasteiger partial charge in [-0.1, -0.05) is 6.07 Å². The molecule has 0 aromatic heterocycles. The molecule has 128 valence electrons. The molecule has 0 saturated carbocycles. The summed E-state index contributed by atoms with van der Waals surface area (Å²) in [5.74, 6) is 1.10. The van der Waals surface area contributed by atoms with Gasteiger partial charge in [0, 0.05) is 25.0 Å². The molecule has 2 atom stereocenters. The highest BCUT2D eigenvalue weighted by molar-refractivity contribution is 5.68. The number of amides is 1. The Morgan fingerprint density at radius 1 is 1.35 bits per heavy atom. The molecular weight excluding hydrogens is 292 g/mol. The van der Waals surface area contributed by atoms with E-state index in [1.54, 1.807) is 12.0 Å². The van der Waals surface area contributed by atoms with E-state index in [9.17, 15) is 4.79 Å². The fourth-order valence-electron chi connectivity index (χ4n) is 3.05. The van der Waals surface area contributed by atoms with E-state index in [-0.39, 0.29) is 18.1 Å². The van der Waals surface area contributed by atoms with Crippen molar-refractivity contribution in [2.45, 2.75) is 51.7 Å². The molecule has 0 aliphatic carbocycles. The summed E-state index contributed by atoms with van der Waals surface area (Å²) in [5, 5.41) is 0. The lowest BCUT2D eigenvalue weighted by atomic mass is 9.83. The predicted molar refractivity (Wildman–Crippen MR) is 90.9 cm³/mol. The maximum absolute atomic E-state index is 12.2. The van der Waals surface area contributed by atoms with Gasteiger partial charge in [-0.2, -0.15) is 0 Å². The maximum Gasteiger partial charge on any atom is 0.410 e. The number of piperidine rings is 1. The van der Waals surface area contributed by atoms with E-state index < -0.39 is 5.60 Å². The average Bonchev–Trinajstić information content (AvgIpc) is 2.45. The first kappa shape index (κ1) is 17.6. The van der Waals surface area contributed by atoms with Gasteiger partial charge in [0.15, 0.2) is 0 Å². The Morgan fingerprint density at radius 3 is 2.57 bits per heavy atom. The van der Waals surface area contributed by atoms with Crippen LogP contribution in [0.3, 0.4) is 0 Å². The lowest BCUT2D eigenvalue weighted by Gasteiger charge is -2.38. The van der Waals surface area contributed by atoms with E-state index in [0.29, 0.717) is 13.1 Å². The van der Waals surface area contributed by atoms with Crippen LogP contribution < -0.4 is 10.5 Å². The Morgan fingerprint density at radius 2 is 2.04 bits per heavy atom. The van der Waals surface area contributed by atoms with Crippen LogP contribution in [0.15, 0.2) is 18.2 Å². The molecule has 2 rings (SSSR count). The van der Waals surface area contributed by atoms with Crippen molar-refractivity contribution >= 4 is 6.09 Å². The van der Waals surface area contributed by atoms with Crippen LogP contribution in [0.4, 0.5) is 4.79 Å². The molecule has 0 bridgehead atoms. The van der Waals surface area contributed by atoms with Gasteiger partial charge < -0.3 is 20.1 Å². The van der Waals surface area contributed by atoms with Gasteiger partial charge in [-0.25, -0.2) is 4.79 Å². The lowest BCUT2D eigenvalue weighted by Crippen LogP contribution is -2.50. The Kier molecular flexibility index (Phi) is 5.19. The number of likely N-dealkylation sites (tertiary alicyclic amines) is 1. The Hall–Kier alpha value is -1.75. The monoisotopic (exact) mass is 320 g/mol. The molecular formula is C18H28N2O3. The molecule has 1 fully saturated rings. The van der Waals surface area contributed by atoms with Gasteiger partial charge in [0.1, 0.15) is 11.4 Å². The molecule has 1 aliphatic rings. The van der Waals surface area contributed by atoms with E-state index in [1.165, 1.54) is 11.1 Å². The fourth-order valence-corrected chi connectivity index (χ4v) is 3.05. The summed E-state index contributed by atoms with van der Waals surface area (Å²) in [7, 11) is 1.67. The molecule has 5 nitrogen and oxygen atoms in total. The molecule has 0 radical (unpaired) electrons. The topological polar surface area (TPSA) is 64.8 Å². The second-order valence-electron chi connectivity index (χ2n) is 7.21. The number of benzene rings is 1. The minimum atomic E-state index is -0.482. The molecule has 1 amide bonds. The van der Waals surface area contributed by atoms with Crippen LogP contribution in [-0.4, -0.2) is 42.8 Å². The maximum atomic E-state index is 12.2. The summed E-state index contributed by atoms with van der Waals surface area (Å²) >= 11 is 0. The minimum Gasteiger partial charge on any atom is -0.497 e. The number of rotatable bonds is 2. The molecule has 5 heteroatoms. The Bertz CT molecular complexity index is 566. The highest BCUT2D eigenvalue weighted by Gasteiger charge is 2.32. The number of carbonyl (C=O) groups is 1. The van der Waals surface area contributed by atoms with E-state index in [1.807, 2.05) is 32.9 Å². The van der Waals surface area contributed by atoms with Gasteiger partial charge in [-0.05, 0) is 57.4 Å². The fraction of sp³-hybridized carbons (Fsp3) is 0.611. The molecule has 1 heterocycles. The van der Waals surface area contributed by atoms with Gasteiger partial charge in [-0.3, -0.25) is 0 Å². The number of nitrogens with zero attached hydrogens (tertiary/aromatic N) is 1. The first-order valence-corrected chi connectivity index (χ1v) is 8.09. The molecule has 1 saturated heterocycles. The van der Waals surface area contributed by atoms with Crippen LogP contribution in [-0.2, 0) is 4.74 Å². The van der Waals surface area contributed by atoms with Crippen molar-refractivity contribution in [3.63, 3.8) is 0 Å². The van der Waals surface area contributed by atoms with Gasteiger partial charge in [0.2, 0.25) is 0 Å². The SMILES string of the molecule is COc1ccc([C@@H]2CCN(C(=O)OC(C)(C)C)C[C@@H]2N)c(C)c1. The van der Waals surface area contributed by atoms with Crippen LogP contribution in [0.2, 0.25) is 0 Å². The highest BCUT2D eigenvalue weighted by atomic mass is 16.6. The second-order valence-corrected chi connectivity index (χ2v) is 7.21. The van der Waals surface area contributed by atoms with Gasteiger partial charge in [0.25, 0.3) is 0 Å². The smallest absolute Gasteiger partial charge is 0.410 e. The molecule has 1 aliphatic heterocycles. The number of methoxy groups -OCH3 is 1. The normalized spacial score (nSPS) is 21.9. The molecule has 1 aromatic rings. The molecule has 1 aromatic carbocycles. The average molecular weight is 320 g/mol. The summed E-state index contributed by atoms with van der Waals surface area (Å²) in [6.45, 7) is 8.88. The summed E-state index contributed by atoms with van der Waals surface area (Å²) in [6, 6.07) is 5.99. The molecule has 23 heavy (non-hydrogen) atoms. The van der Waals surface area contributed by atoms with E-state index in [0.717, 1.165) is 12.2 Å². The number of aryl methyl sites for hydroxylation is 1. The summed E-state index contributed by atoms with van der Waals surface area (Å²) in [5.41, 5.74) is 8.29. The van der Waals surface area contributed by atoms with Crippen molar-refractivity contribution in [2.75, 3.05) is 20.2 Å². The third-order valence-corrected chi connectivity index (χ3v) is 4.19. The van der Waals surface area contributed by atoms with Crippen molar-refractivity contribution in [2.24, 2.45) is 5.73 Å². The van der Waals surface area contributed by atoms with Crippen LogP contribution >= 0.6 is 0 Å². The third-order valence-electron chi connectivity index (χ3n) is 4.19. The number of nitrogens with two attached hydrogens (primary N) is 1. The van der Waals surface area contributed by atoms with Crippen LogP contribution in [0, 0.1) is 6.92 Å². The van der Waals surface area contributed by atoms with E-state index in [2.05, 4.69) is 13.0 Å². The quantitative estimate of drug-likeness (QED) is 0.909. The molecule has 0 spiro atoms. The Labute approximate surface area is 138 Å². The van der Waals surface area contributed by atoms with Gasteiger partial charge in [0.05, 0.1) is 7.11 Å². The minimum absolute atomic E-state index is 0.0941. The van der Waals surface area contributed by atoms with Gasteiger partial charge >= 0.3 is 6.09 Å². The molecule has 0 unspecified atom stereocenters. The standard InChI is InChI=1S/C18H28N2O3/c1-12-10-13(22-5)6-7-14(12)15-8-9-20(11-16(15)19)17(21)23-18(2,3)4/h6-7,10,15-16H,8-9,11,19H2,1-5H3/t15-,16-/m0/s1. The van der Waals surface area contributed by atoms with E-state index >= 15 is 0 Å². The lowest BCUT2D eigenvalue weighted by molar-refractivity contribution is 0.0186. The van der Waals surface area contributed by atoms with Crippen molar-refractivity contribution in [1.82, 2.24) is 4.90 Å². The first-order chi connectivity index (χ1) is 10.7. The first-order valence-electron chi connectivity index (χ1n) is 8.09. The zero-order valence-corrected chi connectivity index (χ0v) is 14.8. The number of carbonyl (C=O) groups excluding carboxylic acids is 1. The summed E-state index contributed by atoms with van der Waals surface area (Å²) in [6.07, 6.45) is 0.561. The second kappa shape index (κ2) is 6.79. The Balaban J connectivity index is 2.06. The largest absolute Gasteiger partial charge is 0.497 e. The zero-order valence-electron chi connectivity index (χ0n) is 14.8. The van der Waals surface area contributed by atoms with Crippen molar-refractivity contribution in [1.29, 1.82) is 0 Å². The van der Waals surface area contributed by atoms with Crippen LogP contribution in [0.1, 0.15) is 44.2 Å². The number of hydrogen-bond acceptors (Lipinski definition) is 4. The zero-order chi connectivity index (χ0) is 17.2. The van der Waals surface area contributed by atoms with Crippen LogP contribution in [0.5, 0.6) is 5.75 Å². The van der Waals surface area contributed by atoms with Crippen molar-refractivity contribution in [3.8, 4) is 5.75 Å². The molecule has 2 N–H and O–H groups in total. The van der Waals surface area contributed by atoms with Gasteiger partial charge in [-0.15, -0.1) is 0 Å².